The number of rotatable bonds is 5. The second-order valence-corrected chi connectivity index (χ2v) is 6.00. The predicted molar refractivity (Wildman–Crippen MR) is 87.3 cm³/mol. The zero-order valence-corrected chi connectivity index (χ0v) is 13.8. The first kappa shape index (κ1) is 16.0. The fraction of sp³-hybridized carbons (Fsp3) is 0.294. The first-order valence-electron chi connectivity index (χ1n) is 6.97. The van der Waals surface area contributed by atoms with Crippen LogP contribution in [0.25, 0.3) is 0 Å². The lowest BCUT2D eigenvalue weighted by Gasteiger charge is -2.13. The molecule has 112 valence electrons. The van der Waals surface area contributed by atoms with Gasteiger partial charge in [0.25, 0.3) is 0 Å². The fourth-order valence-corrected chi connectivity index (χ4v) is 2.43. The molecule has 0 radical (unpaired) electrons. The van der Waals surface area contributed by atoms with Gasteiger partial charge in [0.1, 0.15) is 17.3 Å². The van der Waals surface area contributed by atoms with Crippen LogP contribution in [-0.2, 0) is 6.42 Å². The summed E-state index contributed by atoms with van der Waals surface area (Å²) in [7, 11) is 0. The maximum absolute atomic E-state index is 13.2. The van der Waals surface area contributed by atoms with Crippen molar-refractivity contribution >= 4 is 15.9 Å². The smallest absolute Gasteiger partial charge is 0.137 e. The summed E-state index contributed by atoms with van der Waals surface area (Å²) < 4.78 is 19.4. The van der Waals surface area contributed by atoms with E-state index in [2.05, 4.69) is 28.9 Å². The molecule has 0 aliphatic carbocycles. The molecule has 21 heavy (non-hydrogen) atoms. The van der Waals surface area contributed by atoms with Crippen LogP contribution in [0.1, 0.15) is 24.5 Å². The minimum absolute atomic E-state index is 0.184. The molecule has 0 aromatic heterocycles. The third kappa shape index (κ3) is 4.29. The first-order chi connectivity index (χ1) is 9.99. The third-order valence-corrected chi connectivity index (χ3v) is 3.99. The summed E-state index contributed by atoms with van der Waals surface area (Å²) in [5, 5.41) is 0. The average Bonchev–Trinajstić information content (AvgIpc) is 2.45. The van der Waals surface area contributed by atoms with Crippen molar-refractivity contribution in [3.63, 3.8) is 0 Å². The maximum atomic E-state index is 13.2. The van der Waals surface area contributed by atoms with E-state index in [1.165, 1.54) is 11.6 Å². The summed E-state index contributed by atoms with van der Waals surface area (Å²) in [4.78, 5) is 0. The molecule has 0 bridgehead atoms. The van der Waals surface area contributed by atoms with Crippen LogP contribution in [0.4, 0.5) is 4.39 Å². The van der Waals surface area contributed by atoms with E-state index >= 15 is 0 Å². The lowest BCUT2D eigenvalue weighted by Crippen LogP contribution is -2.21. The Bertz CT molecular complexity index is 630. The molecule has 0 fully saturated rings. The molecule has 0 aliphatic rings. The molecule has 0 heterocycles. The van der Waals surface area contributed by atoms with E-state index in [0.29, 0.717) is 10.2 Å². The number of hydrogen-bond donors (Lipinski definition) is 1. The molecule has 0 saturated heterocycles. The second kappa shape index (κ2) is 7.05. The highest BCUT2D eigenvalue weighted by atomic mass is 79.9. The van der Waals surface area contributed by atoms with Crippen molar-refractivity contribution in [2.75, 3.05) is 0 Å². The van der Waals surface area contributed by atoms with Gasteiger partial charge in [0, 0.05) is 6.04 Å². The normalized spacial score (nSPS) is 12.2. The lowest BCUT2D eigenvalue weighted by molar-refractivity contribution is 0.475. The summed E-state index contributed by atoms with van der Waals surface area (Å²) in [5.41, 5.74) is 8.22. The molecule has 0 amide bonds. The predicted octanol–water partition coefficient (Wildman–Crippen LogP) is 4.97. The standard InChI is InChI=1S/C17H19BrFNO/c1-3-13(20)9-12-4-7-17(11(2)8-12)21-14-5-6-16(19)15(18)10-14/h4-8,10,13H,3,9,20H2,1-2H3. The molecule has 0 saturated carbocycles. The molecule has 1 atom stereocenters. The monoisotopic (exact) mass is 351 g/mol. The van der Waals surface area contributed by atoms with Gasteiger partial charge in [-0.05, 0) is 71.1 Å². The van der Waals surface area contributed by atoms with Gasteiger partial charge in [0.05, 0.1) is 4.47 Å². The molecule has 4 heteroatoms. The van der Waals surface area contributed by atoms with Crippen LogP contribution >= 0.6 is 15.9 Å². The first-order valence-corrected chi connectivity index (χ1v) is 7.77. The number of hydrogen-bond acceptors (Lipinski definition) is 2. The Morgan fingerprint density at radius 3 is 2.62 bits per heavy atom. The van der Waals surface area contributed by atoms with E-state index in [9.17, 15) is 4.39 Å². The van der Waals surface area contributed by atoms with Gasteiger partial charge in [-0.25, -0.2) is 4.39 Å². The molecule has 0 spiro atoms. The summed E-state index contributed by atoms with van der Waals surface area (Å²) in [6.45, 7) is 4.08. The molecule has 0 aliphatic heterocycles. The minimum Gasteiger partial charge on any atom is -0.457 e. The van der Waals surface area contributed by atoms with E-state index < -0.39 is 0 Å². The number of nitrogens with two attached hydrogens (primary N) is 1. The van der Waals surface area contributed by atoms with Crippen LogP contribution < -0.4 is 10.5 Å². The summed E-state index contributed by atoms with van der Waals surface area (Å²) in [6, 6.07) is 10.8. The van der Waals surface area contributed by atoms with Gasteiger partial charge >= 0.3 is 0 Å². The number of benzene rings is 2. The molecular weight excluding hydrogens is 333 g/mol. The SMILES string of the molecule is CCC(N)Cc1ccc(Oc2ccc(F)c(Br)c2)c(C)c1. The van der Waals surface area contributed by atoms with Crippen molar-refractivity contribution in [2.45, 2.75) is 32.7 Å². The van der Waals surface area contributed by atoms with Crippen LogP contribution in [0.15, 0.2) is 40.9 Å². The Morgan fingerprint density at radius 2 is 2.00 bits per heavy atom. The zero-order valence-electron chi connectivity index (χ0n) is 12.2. The van der Waals surface area contributed by atoms with Crippen molar-refractivity contribution in [1.29, 1.82) is 0 Å². The average molecular weight is 352 g/mol. The molecule has 2 aromatic rings. The quantitative estimate of drug-likeness (QED) is 0.825. The summed E-state index contributed by atoms with van der Waals surface area (Å²) in [5.74, 6) is 1.06. The molecular formula is C17H19BrFNO. The van der Waals surface area contributed by atoms with Gasteiger partial charge in [0.15, 0.2) is 0 Å². The van der Waals surface area contributed by atoms with E-state index in [-0.39, 0.29) is 11.9 Å². The summed E-state index contributed by atoms with van der Waals surface area (Å²) >= 11 is 3.16. The van der Waals surface area contributed by atoms with Crippen LogP contribution in [0.2, 0.25) is 0 Å². The van der Waals surface area contributed by atoms with E-state index in [4.69, 9.17) is 10.5 Å². The largest absolute Gasteiger partial charge is 0.457 e. The highest BCUT2D eigenvalue weighted by Crippen LogP contribution is 2.29. The topological polar surface area (TPSA) is 35.2 Å². The highest BCUT2D eigenvalue weighted by molar-refractivity contribution is 9.10. The van der Waals surface area contributed by atoms with Gasteiger partial charge in [-0.1, -0.05) is 19.1 Å². The van der Waals surface area contributed by atoms with Gasteiger partial charge in [-0.3, -0.25) is 0 Å². The Labute approximate surface area is 133 Å². The van der Waals surface area contributed by atoms with Crippen molar-refractivity contribution in [1.82, 2.24) is 0 Å². The Kier molecular flexibility index (Phi) is 5.37. The number of aryl methyl sites for hydroxylation is 1. The Balaban J connectivity index is 2.15. The highest BCUT2D eigenvalue weighted by Gasteiger charge is 2.07. The van der Waals surface area contributed by atoms with Crippen LogP contribution in [-0.4, -0.2) is 6.04 Å². The molecule has 2 rings (SSSR count). The van der Waals surface area contributed by atoms with Gasteiger partial charge in [-0.2, -0.15) is 0 Å². The van der Waals surface area contributed by atoms with Crippen molar-refractivity contribution in [3.8, 4) is 11.5 Å². The maximum Gasteiger partial charge on any atom is 0.137 e. The van der Waals surface area contributed by atoms with Crippen LogP contribution in [0.3, 0.4) is 0 Å². The van der Waals surface area contributed by atoms with Crippen LogP contribution in [0.5, 0.6) is 11.5 Å². The van der Waals surface area contributed by atoms with Gasteiger partial charge in [0.2, 0.25) is 0 Å². The second-order valence-electron chi connectivity index (χ2n) is 5.15. The Morgan fingerprint density at radius 1 is 1.24 bits per heavy atom. The van der Waals surface area contributed by atoms with E-state index in [0.717, 1.165) is 24.2 Å². The number of ether oxygens (including phenoxy) is 1. The van der Waals surface area contributed by atoms with Gasteiger partial charge in [-0.15, -0.1) is 0 Å². The molecule has 2 aromatic carbocycles. The van der Waals surface area contributed by atoms with Crippen molar-refractivity contribution in [2.24, 2.45) is 5.73 Å². The van der Waals surface area contributed by atoms with E-state index in [1.54, 1.807) is 12.1 Å². The van der Waals surface area contributed by atoms with Gasteiger partial charge < -0.3 is 10.5 Å². The number of halogens is 2. The third-order valence-electron chi connectivity index (χ3n) is 3.38. The lowest BCUT2D eigenvalue weighted by atomic mass is 10.0. The molecule has 2 N–H and O–H groups in total. The molecule has 1 unspecified atom stereocenters. The van der Waals surface area contributed by atoms with Crippen molar-refractivity contribution < 1.29 is 9.13 Å². The van der Waals surface area contributed by atoms with Crippen molar-refractivity contribution in [3.05, 3.63) is 57.8 Å². The molecule has 2 nitrogen and oxygen atoms in total. The fourth-order valence-electron chi connectivity index (χ4n) is 2.07. The van der Waals surface area contributed by atoms with E-state index in [1.807, 2.05) is 19.1 Å². The van der Waals surface area contributed by atoms with Crippen LogP contribution in [0, 0.1) is 12.7 Å². The Hall–Kier alpha value is -1.39. The minimum atomic E-state index is -0.303. The summed E-state index contributed by atoms with van der Waals surface area (Å²) in [6.07, 6.45) is 1.82. The zero-order chi connectivity index (χ0) is 15.4.